The van der Waals surface area contributed by atoms with Crippen molar-refractivity contribution >= 4 is 24.1 Å². The van der Waals surface area contributed by atoms with E-state index >= 15 is 0 Å². The molecule has 0 aromatic rings. The molecule has 0 saturated carbocycles. The van der Waals surface area contributed by atoms with Crippen LogP contribution in [0.15, 0.2) is 0 Å². The molecule has 2 bridgehead atoms. The van der Waals surface area contributed by atoms with Gasteiger partial charge in [-0.15, -0.1) is 0 Å². The number of carboxylic acids is 1. The number of aliphatic carboxylic acids is 1. The molecule has 4 atom stereocenters. The van der Waals surface area contributed by atoms with E-state index in [2.05, 4.69) is 0 Å². The summed E-state index contributed by atoms with van der Waals surface area (Å²) < 4.78 is 15.2. The predicted molar refractivity (Wildman–Crippen MR) is 106 cm³/mol. The Balaban J connectivity index is 0.000000220. The molecule has 3 heterocycles. The average molecular weight is 444 g/mol. The second kappa shape index (κ2) is 8.89. The number of hydrogen-bond donors (Lipinski definition) is 2. The number of carboxylic acid groups (broad SMARTS) is 1. The Bertz CT molecular complexity index is 725. The van der Waals surface area contributed by atoms with Gasteiger partial charge in [-0.3, -0.25) is 9.80 Å². The molecular formula is C20H32N2O9. The Morgan fingerprint density at radius 1 is 0.935 bits per heavy atom. The van der Waals surface area contributed by atoms with Crippen LogP contribution in [0.3, 0.4) is 0 Å². The Kier molecular flexibility index (Phi) is 7.09. The number of nitrogens with zero attached hydrogens (tertiary/aromatic N) is 2. The minimum absolute atomic E-state index is 0.00583. The summed E-state index contributed by atoms with van der Waals surface area (Å²) in [5.74, 6) is -1.43. The minimum atomic E-state index is -1.12. The molecule has 0 aliphatic carbocycles. The van der Waals surface area contributed by atoms with Crippen molar-refractivity contribution in [3.63, 3.8) is 0 Å². The second-order valence-electron chi connectivity index (χ2n) is 9.82. The SMILES string of the molecule is CC(C)(C)OC(=O)N1CC2CC1C(=O)O2.CC(C)(C)OC(=O)N1C[C@H](O)C[C@H]1C(=O)O. The van der Waals surface area contributed by atoms with Gasteiger partial charge in [0.1, 0.15) is 29.4 Å². The number of ether oxygens (including phenoxy) is 3. The van der Waals surface area contributed by atoms with Crippen LogP contribution in [0.5, 0.6) is 0 Å². The van der Waals surface area contributed by atoms with Gasteiger partial charge >= 0.3 is 24.1 Å². The van der Waals surface area contributed by atoms with Crippen molar-refractivity contribution in [2.24, 2.45) is 0 Å². The summed E-state index contributed by atoms with van der Waals surface area (Å²) >= 11 is 0. The van der Waals surface area contributed by atoms with E-state index in [1.165, 1.54) is 4.90 Å². The zero-order valence-corrected chi connectivity index (χ0v) is 18.8. The van der Waals surface area contributed by atoms with Gasteiger partial charge in [-0.25, -0.2) is 19.2 Å². The molecule has 3 aliphatic rings. The summed E-state index contributed by atoms with van der Waals surface area (Å²) in [6, 6.07) is -1.42. The van der Waals surface area contributed by atoms with Crippen LogP contribution in [0.1, 0.15) is 54.4 Å². The molecule has 3 rings (SSSR count). The van der Waals surface area contributed by atoms with E-state index in [4.69, 9.17) is 19.3 Å². The number of rotatable bonds is 1. The quantitative estimate of drug-likeness (QED) is 0.452. The first kappa shape index (κ1) is 24.7. The maximum absolute atomic E-state index is 11.7. The van der Waals surface area contributed by atoms with Crippen molar-refractivity contribution in [1.82, 2.24) is 9.80 Å². The number of hydrogen-bond acceptors (Lipinski definition) is 8. The molecule has 3 fully saturated rings. The largest absolute Gasteiger partial charge is 0.480 e. The molecule has 0 radical (unpaired) electrons. The first-order valence-electron chi connectivity index (χ1n) is 10.2. The summed E-state index contributed by atoms with van der Waals surface area (Å²) in [6.07, 6.45) is -1.39. The number of likely N-dealkylation sites (tertiary alicyclic amines) is 2. The van der Waals surface area contributed by atoms with Gasteiger partial charge in [0.05, 0.1) is 19.2 Å². The number of fused-ring (bicyclic) bond motifs is 2. The highest BCUT2D eigenvalue weighted by atomic mass is 16.6. The first-order chi connectivity index (χ1) is 14.1. The predicted octanol–water partition coefficient (Wildman–Crippen LogP) is 1.36. The Morgan fingerprint density at radius 2 is 1.45 bits per heavy atom. The van der Waals surface area contributed by atoms with Crippen molar-refractivity contribution in [3.8, 4) is 0 Å². The molecule has 11 nitrogen and oxygen atoms in total. The van der Waals surface area contributed by atoms with Crippen LogP contribution in [-0.4, -0.2) is 92.7 Å². The maximum Gasteiger partial charge on any atom is 0.411 e. The van der Waals surface area contributed by atoms with Crippen LogP contribution in [0.4, 0.5) is 9.59 Å². The van der Waals surface area contributed by atoms with Crippen LogP contribution >= 0.6 is 0 Å². The Hall–Kier alpha value is -2.56. The van der Waals surface area contributed by atoms with Crippen molar-refractivity contribution in [2.75, 3.05) is 13.1 Å². The molecule has 2 amide bonds. The number of morpholine rings is 1. The third kappa shape index (κ3) is 6.71. The van der Waals surface area contributed by atoms with Crippen LogP contribution in [0.25, 0.3) is 0 Å². The molecule has 2 N–H and O–H groups in total. The highest BCUT2D eigenvalue weighted by molar-refractivity contribution is 5.85. The summed E-state index contributed by atoms with van der Waals surface area (Å²) in [4.78, 5) is 48.0. The average Bonchev–Trinajstić information content (AvgIpc) is 3.25. The third-order valence-electron chi connectivity index (χ3n) is 4.64. The maximum atomic E-state index is 11.7. The molecule has 0 spiro atoms. The van der Waals surface area contributed by atoms with Crippen molar-refractivity contribution in [2.45, 2.75) is 89.9 Å². The standard InChI is InChI=1S/C10H17NO5.C10H15NO4/c1-10(2,3)16-9(15)11-5-6(12)4-7(11)8(13)14;1-10(2,3)15-9(13)11-5-6-4-7(11)8(12)14-6/h6-7,12H,4-5H2,1-3H3,(H,13,14);6-7H,4-5H2,1-3H3/t6-,7+;/m1./s1. The minimum Gasteiger partial charge on any atom is -0.480 e. The molecule has 0 aromatic carbocycles. The lowest BCUT2D eigenvalue weighted by Crippen LogP contribution is -2.46. The van der Waals surface area contributed by atoms with Gasteiger partial charge < -0.3 is 24.4 Å². The van der Waals surface area contributed by atoms with Gasteiger partial charge in [0.2, 0.25) is 0 Å². The highest BCUT2D eigenvalue weighted by Crippen LogP contribution is 2.30. The molecule has 176 valence electrons. The fourth-order valence-electron chi connectivity index (χ4n) is 3.44. The lowest BCUT2D eigenvalue weighted by atomic mass is 10.2. The smallest absolute Gasteiger partial charge is 0.411 e. The third-order valence-corrected chi connectivity index (χ3v) is 4.64. The van der Waals surface area contributed by atoms with Gasteiger partial charge in [0.25, 0.3) is 0 Å². The summed E-state index contributed by atoms with van der Waals surface area (Å²) in [5.41, 5.74) is -1.20. The molecule has 3 aliphatic heterocycles. The summed E-state index contributed by atoms with van der Waals surface area (Å²) in [7, 11) is 0. The molecule has 31 heavy (non-hydrogen) atoms. The topological polar surface area (TPSA) is 143 Å². The van der Waals surface area contributed by atoms with E-state index in [0.717, 1.165) is 4.90 Å². The fraction of sp³-hybridized carbons (Fsp3) is 0.800. The molecule has 2 unspecified atom stereocenters. The van der Waals surface area contributed by atoms with Crippen LogP contribution in [0, 0.1) is 0 Å². The number of amides is 2. The molecule has 11 heteroatoms. The van der Waals surface area contributed by atoms with Crippen molar-refractivity contribution in [3.05, 3.63) is 0 Å². The van der Waals surface area contributed by atoms with Gasteiger partial charge in [-0.1, -0.05) is 0 Å². The van der Waals surface area contributed by atoms with Crippen LogP contribution < -0.4 is 0 Å². The molecule has 0 aromatic heterocycles. The van der Waals surface area contributed by atoms with Gasteiger partial charge in [-0.05, 0) is 41.5 Å². The summed E-state index contributed by atoms with van der Waals surface area (Å²) in [6.45, 7) is 11.0. The first-order valence-corrected chi connectivity index (χ1v) is 10.2. The van der Waals surface area contributed by atoms with E-state index in [1.807, 2.05) is 0 Å². The normalized spacial score (nSPS) is 27.4. The van der Waals surface area contributed by atoms with E-state index in [-0.39, 0.29) is 25.0 Å². The summed E-state index contributed by atoms with van der Waals surface area (Å²) in [5, 5.41) is 18.2. The van der Waals surface area contributed by atoms with Gasteiger partial charge in [0.15, 0.2) is 0 Å². The number of carbonyl (C=O) groups excluding carboxylic acids is 3. The van der Waals surface area contributed by atoms with Crippen LogP contribution in [0.2, 0.25) is 0 Å². The van der Waals surface area contributed by atoms with E-state index in [1.54, 1.807) is 41.5 Å². The number of β-amino-alcohol motifs (C(OH)–C–C–N with tert-alkyl or cyclic N) is 1. The molecule has 3 saturated heterocycles. The van der Waals surface area contributed by atoms with E-state index < -0.39 is 47.5 Å². The lowest BCUT2D eigenvalue weighted by Gasteiger charge is -2.29. The Morgan fingerprint density at radius 3 is 1.87 bits per heavy atom. The Labute approximate surface area is 181 Å². The lowest BCUT2D eigenvalue weighted by molar-refractivity contribution is -0.150. The number of carbonyl (C=O) groups is 4. The second-order valence-corrected chi connectivity index (χ2v) is 9.82. The molecular weight excluding hydrogens is 412 g/mol. The monoisotopic (exact) mass is 444 g/mol. The van der Waals surface area contributed by atoms with Crippen molar-refractivity contribution < 1.29 is 43.6 Å². The van der Waals surface area contributed by atoms with Crippen molar-refractivity contribution in [1.29, 1.82) is 0 Å². The van der Waals surface area contributed by atoms with Crippen LogP contribution in [-0.2, 0) is 23.8 Å². The van der Waals surface area contributed by atoms with E-state index in [0.29, 0.717) is 13.0 Å². The number of aliphatic hydroxyl groups excluding tert-OH is 1. The zero-order chi connectivity index (χ0) is 23.7. The zero-order valence-electron chi connectivity index (χ0n) is 18.8. The highest BCUT2D eigenvalue weighted by Gasteiger charge is 2.49. The number of aliphatic hydroxyl groups is 1. The number of esters is 1. The van der Waals surface area contributed by atoms with Gasteiger partial charge in [-0.2, -0.15) is 0 Å². The van der Waals surface area contributed by atoms with Gasteiger partial charge in [0, 0.05) is 12.8 Å². The van der Waals surface area contributed by atoms with E-state index in [9.17, 15) is 24.3 Å². The fourth-order valence-corrected chi connectivity index (χ4v) is 3.44.